The van der Waals surface area contributed by atoms with Crippen LogP contribution in [0.4, 0.5) is 105 Å². The van der Waals surface area contributed by atoms with E-state index in [1.165, 1.54) is 14.7 Å². The van der Waals surface area contributed by atoms with E-state index in [1.54, 1.807) is 7.11 Å². The molecule has 0 aromatic heterocycles. The molecule has 30 heteroatoms. The van der Waals surface area contributed by atoms with Crippen molar-refractivity contribution in [2.75, 3.05) is 46.8 Å². The highest BCUT2D eigenvalue weighted by atomic mass is 32.2. The first-order valence-electron chi connectivity index (χ1n) is 24.7. The Balaban J connectivity index is 0.000000337. The number of para-hydroxylation sites is 1. The van der Waals surface area contributed by atoms with E-state index in [4.69, 9.17) is 18.9 Å². The molecule has 0 unspecified atom stereocenters. The summed E-state index contributed by atoms with van der Waals surface area (Å²) in [5.74, 6) is 0.897. The van der Waals surface area contributed by atoms with Gasteiger partial charge in [0, 0.05) is 7.11 Å². The zero-order valence-electron chi connectivity index (χ0n) is 43.9. The summed E-state index contributed by atoms with van der Waals surface area (Å²) in [6, 6.07) is 20.6. The van der Waals surface area contributed by atoms with Crippen LogP contribution < -0.4 is 26.6 Å². The van der Waals surface area contributed by atoms with Gasteiger partial charge >= 0.3 is 49.4 Å². The molecule has 0 aliphatic rings. The summed E-state index contributed by atoms with van der Waals surface area (Å²) >= 11 is 0. The van der Waals surface area contributed by atoms with Crippen LogP contribution in [0.1, 0.15) is 44.5 Å². The van der Waals surface area contributed by atoms with Crippen molar-refractivity contribution in [1.82, 2.24) is 0 Å². The van der Waals surface area contributed by atoms with Crippen LogP contribution in [0.25, 0.3) is 0 Å². The van der Waals surface area contributed by atoms with Crippen LogP contribution >= 0.6 is 0 Å². The zero-order valence-corrected chi connectivity index (χ0v) is 44.8. The van der Waals surface area contributed by atoms with Crippen LogP contribution in [0.3, 0.4) is 0 Å². The van der Waals surface area contributed by atoms with E-state index in [9.17, 15) is 105 Å². The number of methoxy groups -OCH3 is 1. The Hall–Kier alpha value is -7.05. The summed E-state index contributed by atoms with van der Waals surface area (Å²) in [4.78, 5) is 3.71. The summed E-state index contributed by atoms with van der Waals surface area (Å²) in [5.41, 5.74) is -30.2. The van der Waals surface area contributed by atoms with E-state index in [1.807, 2.05) is 12.1 Å². The Bertz CT molecular complexity index is 2930. The van der Waals surface area contributed by atoms with E-state index in [0.29, 0.717) is 39.6 Å². The average Bonchev–Trinajstić information content (AvgIpc) is 0.722. The quantitative estimate of drug-likeness (QED) is 0.0394. The Morgan fingerprint density at radius 2 is 0.540 bits per heavy atom. The largest absolute Gasteiger partial charge is 0.486 e. The predicted molar refractivity (Wildman–Crippen MR) is 271 cm³/mol. The molecule has 0 radical (unpaired) electrons. The maximum Gasteiger partial charge on any atom is 0.416 e. The molecule has 0 N–H and O–H groups in total. The average molecular weight is 1290 g/mol. The minimum Gasteiger partial charge on any atom is -0.486 e. The van der Waals surface area contributed by atoms with Crippen LogP contribution in [-0.4, -0.2) is 52.9 Å². The SMILES string of the molecule is COCCOCCOCCOc1ccccc1[S+](c1ccccc1)c1ccccc1.FC(F)(F)c1cc([B-](c2cc(C(F)(F)F)cc(C(F)(F)F)c2)(c2cc(C(F)(F)F)cc(C(F)(F)F)c2)c2cc(C(F)(F)F)cc(C(F)(F)F)c2)cc(C(F)(F)F)c1. The zero-order chi connectivity index (χ0) is 64.8. The van der Waals surface area contributed by atoms with Gasteiger partial charge in [-0.1, -0.05) is 97.1 Å². The molecule has 7 aromatic rings. The van der Waals surface area contributed by atoms with Gasteiger partial charge in [0.25, 0.3) is 0 Å². The molecule has 0 amide bonds. The van der Waals surface area contributed by atoms with Crippen LogP contribution in [0.2, 0.25) is 0 Å². The van der Waals surface area contributed by atoms with Gasteiger partial charge in [0.1, 0.15) is 23.6 Å². The molecule has 470 valence electrons. The Morgan fingerprint density at radius 1 is 0.299 bits per heavy atom. The smallest absolute Gasteiger partial charge is 0.416 e. The predicted octanol–water partition coefficient (Wildman–Crippen LogP) is 16.1. The number of benzene rings is 7. The van der Waals surface area contributed by atoms with Crippen molar-refractivity contribution in [2.45, 2.75) is 64.1 Å². The second-order valence-corrected chi connectivity index (χ2v) is 20.7. The third-order valence-corrected chi connectivity index (χ3v) is 15.0. The number of hydrogen-bond donors (Lipinski definition) is 0. The Labute approximate surface area is 480 Å². The summed E-state index contributed by atoms with van der Waals surface area (Å²) in [6.07, 6.45) is -54.8. The molecule has 0 heterocycles. The van der Waals surface area contributed by atoms with E-state index in [2.05, 4.69) is 72.8 Å². The molecular formula is C57H41BF24O4S. The van der Waals surface area contributed by atoms with Crippen molar-refractivity contribution >= 4 is 38.9 Å². The fraction of sp³-hybridized carbons (Fsp3) is 0.263. The molecule has 4 nitrogen and oxygen atoms in total. The topological polar surface area (TPSA) is 36.9 Å². The van der Waals surface area contributed by atoms with Crippen molar-refractivity contribution in [3.05, 3.63) is 202 Å². The van der Waals surface area contributed by atoms with Gasteiger partial charge in [-0.2, -0.15) is 127 Å². The lowest BCUT2D eigenvalue weighted by Gasteiger charge is -2.46. The third kappa shape index (κ3) is 17.6. The Kier molecular flexibility index (Phi) is 21.2. The summed E-state index contributed by atoms with van der Waals surface area (Å²) < 4.78 is 363. The molecule has 7 rings (SSSR count). The molecule has 0 saturated carbocycles. The number of alkyl halides is 24. The van der Waals surface area contributed by atoms with Gasteiger partial charge in [0.15, 0.2) is 15.5 Å². The maximum absolute atomic E-state index is 14.2. The van der Waals surface area contributed by atoms with Crippen molar-refractivity contribution in [3.63, 3.8) is 0 Å². The molecule has 87 heavy (non-hydrogen) atoms. The number of rotatable bonds is 17. The normalized spacial score (nSPS) is 13.2. The monoisotopic (exact) mass is 1290 g/mol. The molecular weight excluding hydrogens is 1250 g/mol. The Morgan fingerprint density at radius 3 is 0.805 bits per heavy atom. The highest BCUT2D eigenvalue weighted by Crippen LogP contribution is 2.42. The van der Waals surface area contributed by atoms with Crippen molar-refractivity contribution in [2.24, 2.45) is 0 Å². The highest BCUT2D eigenvalue weighted by molar-refractivity contribution is 7.97. The first-order chi connectivity index (χ1) is 40.2. The molecule has 0 aliphatic heterocycles. The van der Waals surface area contributed by atoms with Gasteiger partial charge in [-0.05, 0) is 60.7 Å². The number of halogens is 24. The van der Waals surface area contributed by atoms with Crippen molar-refractivity contribution in [1.29, 1.82) is 0 Å². The number of ether oxygens (including phenoxy) is 4. The van der Waals surface area contributed by atoms with Gasteiger partial charge < -0.3 is 18.9 Å². The van der Waals surface area contributed by atoms with Gasteiger partial charge in [-0.15, -0.1) is 0 Å². The molecule has 0 spiro atoms. The molecule has 7 aromatic carbocycles. The van der Waals surface area contributed by atoms with Gasteiger partial charge in [0.05, 0.1) is 77.5 Å². The van der Waals surface area contributed by atoms with Crippen molar-refractivity contribution in [3.8, 4) is 5.75 Å². The minimum atomic E-state index is -6.13. The summed E-state index contributed by atoms with van der Waals surface area (Å²) in [6.45, 7) is 3.32. The van der Waals surface area contributed by atoms with E-state index < -0.39 is 195 Å². The minimum absolute atomic E-state index is 0.237. The third-order valence-electron chi connectivity index (χ3n) is 12.8. The first-order valence-corrected chi connectivity index (χ1v) is 25.9. The van der Waals surface area contributed by atoms with Gasteiger partial charge in [-0.3, -0.25) is 0 Å². The molecule has 0 bridgehead atoms. The standard InChI is InChI=1S/C32H12BF24.C25H29O4S/c34-25(35,36)13-1-14(26(37,38)39)6-21(5-13)33(22-7-15(27(40,41)42)2-16(8-22)28(43,44)45,23-9-17(29(46,47)48)3-18(10-23)30(49,50)51)24-11-19(31(52,53)54)4-20(12-24)32(55,56)57;1-26-16-17-27-18-19-28-20-21-29-24-14-8-9-15-25(24)30(22-10-4-2-5-11-22)23-12-6-3-7-13-23/h1-12H;2-15H,16-21H2,1H3/q-1;+1. The lowest BCUT2D eigenvalue weighted by molar-refractivity contribution is -0.144. The molecule has 0 fully saturated rings. The van der Waals surface area contributed by atoms with E-state index >= 15 is 0 Å². The summed E-state index contributed by atoms with van der Waals surface area (Å²) in [7, 11) is 1.42. The van der Waals surface area contributed by atoms with Crippen LogP contribution in [-0.2, 0) is 74.5 Å². The molecule has 0 aliphatic carbocycles. The first kappa shape index (κ1) is 69.1. The second kappa shape index (κ2) is 26.7. The highest BCUT2D eigenvalue weighted by Gasteiger charge is 2.47. The van der Waals surface area contributed by atoms with E-state index in [-0.39, 0.29) is 10.9 Å². The maximum atomic E-state index is 14.2. The van der Waals surface area contributed by atoms with Crippen molar-refractivity contribution < 1.29 is 124 Å². The number of hydrogen-bond acceptors (Lipinski definition) is 4. The fourth-order valence-corrected chi connectivity index (χ4v) is 11.2. The lowest BCUT2D eigenvalue weighted by atomic mass is 9.12. The van der Waals surface area contributed by atoms with E-state index in [0.717, 1.165) is 5.75 Å². The fourth-order valence-electron chi connectivity index (χ4n) is 8.99. The van der Waals surface area contributed by atoms with Gasteiger partial charge in [-0.25, -0.2) is 0 Å². The van der Waals surface area contributed by atoms with Crippen LogP contribution in [0.15, 0.2) is 172 Å². The molecule has 0 saturated heterocycles. The second-order valence-electron chi connectivity index (χ2n) is 18.7. The van der Waals surface area contributed by atoms with Crippen LogP contribution in [0.5, 0.6) is 5.75 Å². The lowest BCUT2D eigenvalue weighted by Crippen LogP contribution is -2.75. The van der Waals surface area contributed by atoms with Gasteiger partial charge in [0.2, 0.25) is 4.90 Å². The van der Waals surface area contributed by atoms with Crippen LogP contribution in [0, 0.1) is 0 Å². The summed E-state index contributed by atoms with van der Waals surface area (Å²) in [5, 5.41) is 0. The molecule has 0 atom stereocenters.